The minimum absolute atomic E-state index is 0.0574. The van der Waals surface area contributed by atoms with Crippen molar-refractivity contribution in [2.24, 2.45) is 7.05 Å². The first-order valence-electron chi connectivity index (χ1n) is 5.01. The summed E-state index contributed by atoms with van der Waals surface area (Å²) in [7, 11) is 1.70. The van der Waals surface area contributed by atoms with Crippen molar-refractivity contribution in [2.45, 2.75) is 6.92 Å². The molecule has 0 spiro atoms. The maximum Gasteiger partial charge on any atom is 0.268 e. The highest BCUT2D eigenvalue weighted by Crippen LogP contribution is 2.21. The SMILES string of the molecule is CCNC(=O)c1cc2ccn(C)c(=O)c2s1. The number of carbonyl (C=O) groups excluding carboxylic acids is 1. The zero-order valence-electron chi connectivity index (χ0n) is 9.11. The highest BCUT2D eigenvalue weighted by atomic mass is 32.1. The summed E-state index contributed by atoms with van der Waals surface area (Å²) < 4.78 is 2.15. The van der Waals surface area contributed by atoms with Gasteiger partial charge in [0.2, 0.25) is 0 Å². The van der Waals surface area contributed by atoms with Crippen LogP contribution in [0, 0.1) is 0 Å². The normalized spacial score (nSPS) is 10.6. The molecule has 0 fully saturated rings. The van der Waals surface area contributed by atoms with E-state index in [0.29, 0.717) is 16.1 Å². The Kier molecular flexibility index (Phi) is 2.78. The zero-order valence-corrected chi connectivity index (χ0v) is 9.93. The molecule has 0 saturated carbocycles. The second-order valence-corrected chi connectivity index (χ2v) is 4.54. The third-order valence-electron chi connectivity index (χ3n) is 2.31. The van der Waals surface area contributed by atoms with Gasteiger partial charge in [-0.15, -0.1) is 11.3 Å². The van der Waals surface area contributed by atoms with E-state index in [4.69, 9.17) is 0 Å². The highest BCUT2D eigenvalue weighted by Gasteiger charge is 2.11. The summed E-state index contributed by atoms with van der Waals surface area (Å²) in [5, 5.41) is 3.55. The summed E-state index contributed by atoms with van der Waals surface area (Å²) in [6.45, 7) is 2.45. The molecular formula is C11H12N2O2S. The summed E-state index contributed by atoms with van der Waals surface area (Å²) in [5.74, 6) is -0.120. The largest absolute Gasteiger partial charge is 0.352 e. The Labute approximate surface area is 96.5 Å². The van der Waals surface area contributed by atoms with Crippen molar-refractivity contribution in [3.05, 3.63) is 33.6 Å². The molecule has 16 heavy (non-hydrogen) atoms. The Balaban J connectivity index is 2.56. The van der Waals surface area contributed by atoms with Crippen LogP contribution in [-0.4, -0.2) is 17.0 Å². The van der Waals surface area contributed by atoms with E-state index in [-0.39, 0.29) is 11.5 Å². The first-order chi connectivity index (χ1) is 7.63. The fourth-order valence-corrected chi connectivity index (χ4v) is 2.52. The summed E-state index contributed by atoms with van der Waals surface area (Å²) in [6.07, 6.45) is 1.71. The number of nitrogens with one attached hydrogen (secondary N) is 1. The number of carbonyl (C=O) groups is 1. The van der Waals surface area contributed by atoms with E-state index in [1.807, 2.05) is 13.0 Å². The van der Waals surface area contributed by atoms with Crippen LogP contribution in [0.15, 0.2) is 23.1 Å². The van der Waals surface area contributed by atoms with Crippen molar-refractivity contribution in [2.75, 3.05) is 6.54 Å². The van der Waals surface area contributed by atoms with Gasteiger partial charge in [0.25, 0.3) is 11.5 Å². The molecule has 1 amide bonds. The molecular weight excluding hydrogens is 224 g/mol. The predicted octanol–water partition coefficient (Wildman–Crippen LogP) is 1.35. The van der Waals surface area contributed by atoms with E-state index >= 15 is 0 Å². The number of hydrogen-bond acceptors (Lipinski definition) is 3. The summed E-state index contributed by atoms with van der Waals surface area (Å²) in [5.41, 5.74) is -0.0574. The first kappa shape index (κ1) is 10.9. The number of aryl methyl sites for hydroxylation is 1. The van der Waals surface area contributed by atoms with Crippen LogP contribution in [0.3, 0.4) is 0 Å². The molecule has 0 unspecified atom stereocenters. The number of nitrogens with zero attached hydrogens (tertiary/aromatic N) is 1. The number of pyridine rings is 1. The molecule has 0 aliphatic carbocycles. The van der Waals surface area contributed by atoms with E-state index in [0.717, 1.165) is 5.39 Å². The molecule has 0 saturated heterocycles. The summed E-state index contributed by atoms with van der Waals surface area (Å²) >= 11 is 1.24. The van der Waals surface area contributed by atoms with Crippen LogP contribution in [0.2, 0.25) is 0 Å². The van der Waals surface area contributed by atoms with Gasteiger partial charge in [0.1, 0.15) is 4.70 Å². The van der Waals surface area contributed by atoms with Gasteiger partial charge >= 0.3 is 0 Å². The molecule has 4 nitrogen and oxygen atoms in total. The lowest BCUT2D eigenvalue weighted by molar-refractivity contribution is 0.0960. The molecule has 0 aliphatic rings. The fourth-order valence-electron chi connectivity index (χ4n) is 1.48. The summed E-state index contributed by atoms with van der Waals surface area (Å²) in [6, 6.07) is 3.60. The minimum Gasteiger partial charge on any atom is -0.352 e. The van der Waals surface area contributed by atoms with Gasteiger partial charge in [-0.25, -0.2) is 0 Å². The molecule has 0 aliphatic heterocycles. The number of amides is 1. The van der Waals surface area contributed by atoms with Crippen molar-refractivity contribution >= 4 is 27.3 Å². The van der Waals surface area contributed by atoms with Crippen LogP contribution >= 0.6 is 11.3 Å². The number of fused-ring (bicyclic) bond motifs is 1. The molecule has 2 rings (SSSR count). The molecule has 5 heteroatoms. The lowest BCUT2D eigenvalue weighted by Crippen LogP contribution is -2.21. The fraction of sp³-hybridized carbons (Fsp3) is 0.273. The van der Waals surface area contributed by atoms with Crippen molar-refractivity contribution in [3.63, 3.8) is 0 Å². The molecule has 2 heterocycles. The van der Waals surface area contributed by atoms with Crippen molar-refractivity contribution < 1.29 is 4.79 Å². The van der Waals surface area contributed by atoms with E-state index in [1.54, 1.807) is 19.3 Å². The van der Waals surface area contributed by atoms with E-state index in [1.165, 1.54) is 15.9 Å². The van der Waals surface area contributed by atoms with Crippen molar-refractivity contribution in [1.29, 1.82) is 0 Å². The topological polar surface area (TPSA) is 51.1 Å². The molecule has 1 N–H and O–H groups in total. The molecule has 0 radical (unpaired) electrons. The Morgan fingerprint density at radius 1 is 1.56 bits per heavy atom. The summed E-state index contributed by atoms with van der Waals surface area (Å²) in [4.78, 5) is 23.9. The van der Waals surface area contributed by atoms with Crippen LogP contribution in [-0.2, 0) is 7.05 Å². The Bertz CT molecular complexity index is 598. The predicted molar refractivity (Wildman–Crippen MR) is 65.1 cm³/mol. The Morgan fingerprint density at radius 3 is 3.00 bits per heavy atom. The van der Waals surface area contributed by atoms with Gasteiger partial charge in [-0.05, 0) is 19.1 Å². The van der Waals surface area contributed by atoms with E-state index in [2.05, 4.69) is 5.32 Å². The van der Waals surface area contributed by atoms with Crippen LogP contribution in [0.1, 0.15) is 16.6 Å². The highest BCUT2D eigenvalue weighted by molar-refractivity contribution is 7.20. The standard InChI is InChI=1S/C11H12N2O2S/c1-3-12-10(14)8-6-7-4-5-13(2)11(15)9(7)16-8/h4-6H,3H2,1-2H3,(H,12,14). The molecule has 2 aromatic heterocycles. The zero-order chi connectivity index (χ0) is 11.7. The number of hydrogen-bond donors (Lipinski definition) is 1. The second kappa shape index (κ2) is 4.09. The maximum atomic E-state index is 11.8. The van der Waals surface area contributed by atoms with E-state index < -0.39 is 0 Å². The number of thiophene rings is 1. The van der Waals surface area contributed by atoms with Crippen molar-refractivity contribution in [3.8, 4) is 0 Å². The average Bonchev–Trinajstić information content (AvgIpc) is 2.69. The van der Waals surface area contributed by atoms with Crippen LogP contribution in [0.5, 0.6) is 0 Å². The molecule has 0 atom stereocenters. The van der Waals surface area contributed by atoms with Gasteiger partial charge in [0, 0.05) is 25.2 Å². The van der Waals surface area contributed by atoms with Gasteiger partial charge in [-0.2, -0.15) is 0 Å². The maximum absolute atomic E-state index is 11.8. The third kappa shape index (κ3) is 1.74. The average molecular weight is 236 g/mol. The number of aromatic nitrogens is 1. The van der Waals surface area contributed by atoms with Crippen LogP contribution in [0.25, 0.3) is 10.1 Å². The van der Waals surface area contributed by atoms with Crippen LogP contribution < -0.4 is 10.9 Å². The Morgan fingerprint density at radius 2 is 2.31 bits per heavy atom. The molecule has 0 bridgehead atoms. The van der Waals surface area contributed by atoms with Gasteiger partial charge < -0.3 is 9.88 Å². The smallest absolute Gasteiger partial charge is 0.268 e. The molecule has 84 valence electrons. The number of rotatable bonds is 2. The van der Waals surface area contributed by atoms with Gasteiger partial charge in [-0.3, -0.25) is 9.59 Å². The quantitative estimate of drug-likeness (QED) is 0.855. The molecule has 0 aromatic carbocycles. The Hall–Kier alpha value is -1.62. The van der Waals surface area contributed by atoms with E-state index in [9.17, 15) is 9.59 Å². The molecule has 2 aromatic rings. The monoisotopic (exact) mass is 236 g/mol. The van der Waals surface area contributed by atoms with Gasteiger partial charge in [0.05, 0.1) is 4.88 Å². The third-order valence-corrected chi connectivity index (χ3v) is 3.45. The van der Waals surface area contributed by atoms with Gasteiger partial charge in [0.15, 0.2) is 0 Å². The minimum atomic E-state index is -0.120. The second-order valence-electron chi connectivity index (χ2n) is 3.49. The van der Waals surface area contributed by atoms with Gasteiger partial charge in [-0.1, -0.05) is 0 Å². The van der Waals surface area contributed by atoms with Crippen LogP contribution in [0.4, 0.5) is 0 Å². The lowest BCUT2D eigenvalue weighted by atomic mass is 10.3. The lowest BCUT2D eigenvalue weighted by Gasteiger charge is -1.96. The van der Waals surface area contributed by atoms with Crippen molar-refractivity contribution in [1.82, 2.24) is 9.88 Å². The first-order valence-corrected chi connectivity index (χ1v) is 5.82.